The minimum atomic E-state index is -3.93. The molecule has 4 aromatic carbocycles. The second-order valence-electron chi connectivity index (χ2n) is 9.73. The molecule has 5 aromatic rings. The summed E-state index contributed by atoms with van der Waals surface area (Å²) in [6, 6.07) is 31.4. The van der Waals surface area contributed by atoms with Gasteiger partial charge >= 0.3 is 0 Å². The number of rotatable bonds is 8. The third kappa shape index (κ3) is 5.62. The van der Waals surface area contributed by atoms with Crippen molar-refractivity contribution >= 4 is 32.5 Å². The lowest BCUT2D eigenvalue weighted by Crippen LogP contribution is -2.42. The Bertz CT molecular complexity index is 1730. The second-order valence-corrected chi connectivity index (χ2v) is 11.6. The van der Waals surface area contributed by atoms with Crippen LogP contribution in [0.4, 0.5) is 5.82 Å². The van der Waals surface area contributed by atoms with Crippen LogP contribution in [0.2, 0.25) is 0 Å². The van der Waals surface area contributed by atoms with Crippen molar-refractivity contribution in [1.82, 2.24) is 14.1 Å². The summed E-state index contributed by atoms with van der Waals surface area (Å²) in [5.74, 6) is -0.00421. The van der Waals surface area contributed by atoms with Gasteiger partial charge < -0.3 is 5.32 Å². The molecule has 8 heteroatoms. The molecular weight excluding hydrogens is 508 g/mol. The maximum atomic E-state index is 13.6. The molecule has 1 heterocycles. The molecule has 0 aliphatic rings. The predicted molar refractivity (Wildman–Crippen MR) is 155 cm³/mol. The van der Waals surface area contributed by atoms with E-state index in [0.29, 0.717) is 11.5 Å². The van der Waals surface area contributed by atoms with E-state index in [1.807, 2.05) is 85.8 Å². The van der Waals surface area contributed by atoms with Gasteiger partial charge in [-0.3, -0.25) is 4.79 Å². The highest BCUT2D eigenvalue weighted by molar-refractivity contribution is 7.89. The summed E-state index contributed by atoms with van der Waals surface area (Å²) in [5, 5.41) is 9.42. The molecule has 1 N–H and O–H groups in total. The summed E-state index contributed by atoms with van der Waals surface area (Å²) in [5.41, 5.74) is 3.48. The van der Waals surface area contributed by atoms with Crippen LogP contribution in [0.15, 0.2) is 108 Å². The van der Waals surface area contributed by atoms with Crippen LogP contribution < -0.4 is 5.32 Å². The number of carbonyl (C=O) groups excluding carboxylic acids is 1. The summed E-state index contributed by atoms with van der Waals surface area (Å²) < 4.78 is 30.2. The number of sulfonamides is 1. The number of carbonyl (C=O) groups is 1. The van der Waals surface area contributed by atoms with Gasteiger partial charge in [0, 0.05) is 17.7 Å². The van der Waals surface area contributed by atoms with Crippen LogP contribution in [0.1, 0.15) is 19.4 Å². The van der Waals surface area contributed by atoms with Crippen LogP contribution >= 0.6 is 0 Å². The number of aromatic nitrogens is 2. The Kier molecular flexibility index (Phi) is 7.32. The fourth-order valence-corrected chi connectivity index (χ4v) is 6.06. The Hall–Kier alpha value is -4.27. The van der Waals surface area contributed by atoms with Gasteiger partial charge in [-0.1, -0.05) is 78.4 Å². The van der Waals surface area contributed by atoms with E-state index in [0.717, 1.165) is 27.6 Å². The zero-order valence-corrected chi connectivity index (χ0v) is 22.9. The Balaban J connectivity index is 1.45. The lowest BCUT2D eigenvalue weighted by molar-refractivity contribution is -0.116. The van der Waals surface area contributed by atoms with E-state index in [1.54, 1.807) is 42.8 Å². The highest BCUT2D eigenvalue weighted by Crippen LogP contribution is 2.26. The average Bonchev–Trinajstić information content (AvgIpc) is 3.35. The number of benzene rings is 4. The average molecular weight is 539 g/mol. The zero-order chi connectivity index (χ0) is 27.6. The van der Waals surface area contributed by atoms with Gasteiger partial charge in [-0.05, 0) is 55.8 Å². The maximum Gasteiger partial charge on any atom is 0.243 e. The van der Waals surface area contributed by atoms with Crippen LogP contribution in [-0.4, -0.2) is 41.0 Å². The molecule has 0 fully saturated rings. The molecule has 0 unspecified atom stereocenters. The molecular formula is C31H30N4O3S. The number of hydrogen-bond donors (Lipinski definition) is 1. The Morgan fingerprint density at radius 3 is 2.23 bits per heavy atom. The Morgan fingerprint density at radius 1 is 0.872 bits per heavy atom. The van der Waals surface area contributed by atoms with E-state index in [1.165, 1.54) is 4.31 Å². The molecule has 0 aliphatic heterocycles. The first-order valence-electron chi connectivity index (χ1n) is 12.8. The molecule has 7 nitrogen and oxygen atoms in total. The SMILES string of the molecule is Cc1ccc(-n2nc(-c3ccccc3)cc2NC(=O)CN(C(C)C)S(=O)(=O)c2ccc3ccccc3c2)cc1. The summed E-state index contributed by atoms with van der Waals surface area (Å²) in [4.78, 5) is 13.5. The van der Waals surface area contributed by atoms with Crippen LogP contribution in [0.3, 0.4) is 0 Å². The molecule has 0 atom stereocenters. The largest absolute Gasteiger partial charge is 0.309 e. The van der Waals surface area contributed by atoms with Gasteiger partial charge in [0.1, 0.15) is 5.82 Å². The van der Waals surface area contributed by atoms with E-state index in [-0.39, 0.29) is 11.4 Å². The molecule has 1 amide bonds. The Morgan fingerprint density at radius 2 is 1.54 bits per heavy atom. The monoisotopic (exact) mass is 538 g/mol. The van der Waals surface area contributed by atoms with Crippen LogP contribution in [-0.2, 0) is 14.8 Å². The molecule has 39 heavy (non-hydrogen) atoms. The summed E-state index contributed by atoms with van der Waals surface area (Å²) in [7, 11) is -3.93. The van der Waals surface area contributed by atoms with E-state index in [2.05, 4.69) is 5.32 Å². The zero-order valence-electron chi connectivity index (χ0n) is 22.1. The van der Waals surface area contributed by atoms with Crippen molar-refractivity contribution in [3.63, 3.8) is 0 Å². The van der Waals surface area contributed by atoms with Crippen molar-refractivity contribution in [3.05, 3.63) is 109 Å². The molecule has 0 spiro atoms. The molecule has 5 rings (SSSR count). The van der Waals surface area contributed by atoms with Crippen LogP contribution in [0.5, 0.6) is 0 Å². The van der Waals surface area contributed by atoms with Gasteiger partial charge in [0.05, 0.1) is 22.8 Å². The number of nitrogens with one attached hydrogen (secondary N) is 1. The predicted octanol–water partition coefficient (Wildman–Crippen LogP) is 6.04. The van der Waals surface area contributed by atoms with Gasteiger partial charge in [-0.2, -0.15) is 9.40 Å². The van der Waals surface area contributed by atoms with Crippen LogP contribution in [0.25, 0.3) is 27.7 Å². The minimum absolute atomic E-state index is 0.152. The number of hydrogen-bond acceptors (Lipinski definition) is 4. The molecule has 0 aliphatic carbocycles. The standard InChI is InChI=1S/C31H30N4O3S/c1-22(2)34(39(37,38)28-18-15-24-9-7-8-12-26(24)19-28)21-31(36)32-30-20-29(25-10-5-4-6-11-25)33-35(30)27-16-13-23(3)14-17-27/h4-20,22H,21H2,1-3H3,(H,32,36). The summed E-state index contributed by atoms with van der Waals surface area (Å²) in [6.07, 6.45) is 0. The van der Waals surface area contributed by atoms with Gasteiger partial charge in [0.25, 0.3) is 0 Å². The summed E-state index contributed by atoms with van der Waals surface area (Å²) in [6.45, 7) is 5.18. The van der Waals surface area contributed by atoms with Gasteiger partial charge in [-0.15, -0.1) is 0 Å². The fourth-order valence-electron chi connectivity index (χ4n) is 4.44. The smallest absolute Gasteiger partial charge is 0.243 e. The van der Waals surface area contributed by atoms with Crippen molar-refractivity contribution in [2.75, 3.05) is 11.9 Å². The number of nitrogens with zero attached hydrogens (tertiary/aromatic N) is 3. The first kappa shape index (κ1) is 26.3. The summed E-state index contributed by atoms with van der Waals surface area (Å²) >= 11 is 0. The highest BCUT2D eigenvalue weighted by atomic mass is 32.2. The first-order valence-corrected chi connectivity index (χ1v) is 14.2. The quantitative estimate of drug-likeness (QED) is 0.261. The van der Waals surface area contributed by atoms with E-state index < -0.39 is 22.0 Å². The first-order chi connectivity index (χ1) is 18.7. The van der Waals surface area contributed by atoms with E-state index in [4.69, 9.17) is 5.10 Å². The Labute approximate surface area is 228 Å². The molecule has 0 saturated carbocycles. The molecule has 0 radical (unpaired) electrons. The van der Waals surface area contributed by atoms with Crippen molar-refractivity contribution in [2.24, 2.45) is 0 Å². The normalized spacial score (nSPS) is 11.8. The molecule has 198 valence electrons. The second kappa shape index (κ2) is 10.8. The molecule has 0 saturated heterocycles. The van der Waals surface area contributed by atoms with Crippen molar-refractivity contribution < 1.29 is 13.2 Å². The number of aryl methyl sites for hydroxylation is 1. The van der Waals surface area contributed by atoms with E-state index >= 15 is 0 Å². The van der Waals surface area contributed by atoms with Crippen molar-refractivity contribution in [3.8, 4) is 16.9 Å². The van der Waals surface area contributed by atoms with E-state index in [9.17, 15) is 13.2 Å². The van der Waals surface area contributed by atoms with Crippen LogP contribution in [0, 0.1) is 6.92 Å². The minimum Gasteiger partial charge on any atom is -0.309 e. The van der Waals surface area contributed by atoms with Crippen molar-refractivity contribution in [2.45, 2.75) is 31.7 Å². The fraction of sp³-hybridized carbons (Fsp3) is 0.161. The number of anilines is 1. The van der Waals surface area contributed by atoms with Gasteiger partial charge in [-0.25, -0.2) is 13.1 Å². The number of amides is 1. The lowest BCUT2D eigenvalue weighted by atomic mass is 10.1. The van der Waals surface area contributed by atoms with Gasteiger partial charge in [0.2, 0.25) is 15.9 Å². The van der Waals surface area contributed by atoms with Crippen molar-refractivity contribution in [1.29, 1.82) is 0 Å². The third-order valence-corrected chi connectivity index (χ3v) is 8.55. The number of fused-ring (bicyclic) bond motifs is 1. The molecule has 1 aromatic heterocycles. The topological polar surface area (TPSA) is 84.3 Å². The van der Waals surface area contributed by atoms with Gasteiger partial charge in [0.15, 0.2) is 0 Å². The molecule has 0 bridgehead atoms. The lowest BCUT2D eigenvalue weighted by Gasteiger charge is -2.25. The maximum absolute atomic E-state index is 13.6. The third-order valence-electron chi connectivity index (χ3n) is 6.53. The highest BCUT2D eigenvalue weighted by Gasteiger charge is 2.29.